The van der Waals surface area contributed by atoms with Gasteiger partial charge in [-0.3, -0.25) is 9.69 Å². The number of aromatic amines is 1. The predicted molar refractivity (Wildman–Crippen MR) is 132 cm³/mol. The fraction of sp³-hybridized carbons (Fsp3) is 0.615. The zero-order chi connectivity index (χ0) is 23.5. The van der Waals surface area contributed by atoms with Crippen molar-refractivity contribution < 1.29 is 4.74 Å². The molecule has 2 fully saturated rings. The van der Waals surface area contributed by atoms with Gasteiger partial charge in [-0.15, -0.1) is 5.10 Å². The van der Waals surface area contributed by atoms with E-state index in [2.05, 4.69) is 57.5 Å². The summed E-state index contributed by atoms with van der Waals surface area (Å²) >= 11 is 0. The molecule has 1 saturated carbocycles. The van der Waals surface area contributed by atoms with Crippen molar-refractivity contribution in [3.63, 3.8) is 0 Å². The van der Waals surface area contributed by atoms with Gasteiger partial charge in [-0.25, -0.2) is 4.68 Å². The third-order valence-electron chi connectivity index (χ3n) is 7.59. The van der Waals surface area contributed by atoms with Crippen LogP contribution in [0.1, 0.15) is 81.8 Å². The average Bonchev–Trinajstić information content (AvgIpc) is 3.63. The third kappa shape index (κ3) is 4.79. The summed E-state index contributed by atoms with van der Waals surface area (Å²) in [7, 11) is 0. The van der Waals surface area contributed by atoms with E-state index < -0.39 is 0 Å². The molecule has 0 amide bonds. The number of hydrogen-bond donors (Lipinski definition) is 1. The Bertz CT molecular complexity index is 1160. The Morgan fingerprint density at radius 2 is 2.03 bits per heavy atom. The van der Waals surface area contributed by atoms with Crippen molar-refractivity contribution in [3.8, 4) is 0 Å². The first-order chi connectivity index (χ1) is 16.7. The molecule has 1 N–H and O–H groups in total. The van der Waals surface area contributed by atoms with Crippen LogP contribution in [0.2, 0.25) is 0 Å². The van der Waals surface area contributed by atoms with E-state index in [1.807, 2.05) is 10.7 Å². The van der Waals surface area contributed by atoms with Gasteiger partial charge in [-0.05, 0) is 78.1 Å². The van der Waals surface area contributed by atoms with E-state index in [4.69, 9.17) is 4.74 Å². The molecule has 8 heteroatoms. The zero-order valence-electron chi connectivity index (χ0n) is 20.4. The summed E-state index contributed by atoms with van der Waals surface area (Å²) in [6, 6.07) is 8.85. The maximum Gasteiger partial charge on any atom is 0.252 e. The number of fused-ring (bicyclic) bond motifs is 1. The molecule has 2 aromatic heterocycles. The number of tetrazole rings is 1. The number of pyridine rings is 1. The molecule has 34 heavy (non-hydrogen) atoms. The predicted octanol–water partition coefficient (Wildman–Crippen LogP) is 4.15. The molecule has 8 nitrogen and oxygen atoms in total. The van der Waals surface area contributed by atoms with E-state index in [0.717, 1.165) is 67.4 Å². The van der Waals surface area contributed by atoms with Crippen molar-refractivity contribution in [2.45, 2.75) is 96.5 Å². The number of benzene rings is 1. The number of hydrogen-bond acceptors (Lipinski definition) is 6. The molecule has 3 aromatic rings. The lowest BCUT2D eigenvalue weighted by molar-refractivity contribution is 0.0839. The van der Waals surface area contributed by atoms with Gasteiger partial charge in [0.2, 0.25) is 0 Å². The molecule has 0 radical (unpaired) electrons. The molecule has 0 bridgehead atoms. The molecule has 3 heterocycles. The molecule has 1 aliphatic heterocycles. The van der Waals surface area contributed by atoms with Crippen LogP contribution >= 0.6 is 0 Å². The fourth-order valence-corrected chi connectivity index (χ4v) is 5.69. The molecular formula is C26H36N6O2. The summed E-state index contributed by atoms with van der Waals surface area (Å²) in [5.74, 6) is 0.885. The number of aryl methyl sites for hydroxylation is 1. The van der Waals surface area contributed by atoms with Crippen LogP contribution in [0.4, 0.5) is 0 Å². The largest absolute Gasteiger partial charge is 0.376 e. The first-order valence-corrected chi connectivity index (χ1v) is 12.9. The van der Waals surface area contributed by atoms with Crippen molar-refractivity contribution >= 4 is 10.9 Å². The number of ether oxygens (including phenoxy) is 1. The van der Waals surface area contributed by atoms with Crippen LogP contribution in [0.15, 0.2) is 29.1 Å². The Kier molecular flexibility index (Phi) is 7.06. The maximum atomic E-state index is 13.1. The summed E-state index contributed by atoms with van der Waals surface area (Å²) in [4.78, 5) is 18.7. The summed E-state index contributed by atoms with van der Waals surface area (Å²) in [5.41, 5.74) is 2.97. The highest BCUT2D eigenvalue weighted by atomic mass is 16.5. The van der Waals surface area contributed by atoms with Gasteiger partial charge in [-0.2, -0.15) is 0 Å². The Morgan fingerprint density at radius 1 is 1.18 bits per heavy atom. The topological polar surface area (TPSA) is 88.9 Å². The van der Waals surface area contributed by atoms with Crippen molar-refractivity contribution in [1.29, 1.82) is 0 Å². The Balaban J connectivity index is 1.48. The standard InChI is InChI=1S/C26H36N6O2/c1-3-18-11-12-23-19(14-18)15-20(26(33)27-23)16-31(21-8-5-6-9-21)24(4-2)25-28-29-30-32(25)17-22-10-7-13-34-22/h11-12,14-15,21-22,24H,3-10,13,16-17H2,1-2H3,(H,27,33)/t22-,24-/m1/s1. The van der Waals surface area contributed by atoms with Gasteiger partial charge in [0.1, 0.15) is 0 Å². The minimum atomic E-state index is -0.00598. The molecule has 1 aliphatic carbocycles. The van der Waals surface area contributed by atoms with E-state index in [9.17, 15) is 4.79 Å². The number of rotatable bonds is 9. The number of nitrogens with one attached hydrogen (secondary N) is 1. The van der Waals surface area contributed by atoms with Gasteiger partial charge in [-0.1, -0.05) is 32.8 Å². The summed E-state index contributed by atoms with van der Waals surface area (Å²) in [5, 5.41) is 13.9. The van der Waals surface area contributed by atoms with Crippen molar-refractivity contribution in [2.24, 2.45) is 0 Å². The normalized spacial score (nSPS) is 20.0. The van der Waals surface area contributed by atoms with Crippen molar-refractivity contribution in [1.82, 2.24) is 30.1 Å². The smallest absolute Gasteiger partial charge is 0.252 e. The SMILES string of the molecule is CCc1ccc2[nH]c(=O)c(CN(C3CCCC3)[C@H](CC)c3nnnn3C[C@H]3CCCO3)cc2c1. The minimum Gasteiger partial charge on any atom is -0.376 e. The number of nitrogens with zero attached hydrogens (tertiary/aromatic N) is 5. The van der Waals surface area contributed by atoms with Gasteiger partial charge in [0.25, 0.3) is 5.56 Å². The van der Waals surface area contributed by atoms with Crippen molar-refractivity contribution in [3.05, 3.63) is 51.6 Å². The van der Waals surface area contributed by atoms with Gasteiger partial charge < -0.3 is 9.72 Å². The van der Waals surface area contributed by atoms with Gasteiger partial charge in [0.15, 0.2) is 5.82 Å². The average molecular weight is 465 g/mol. The first-order valence-electron chi connectivity index (χ1n) is 12.9. The molecule has 2 atom stereocenters. The summed E-state index contributed by atoms with van der Waals surface area (Å²) < 4.78 is 7.79. The molecule has 1 saturated heterocycles. The van der Waals surface area contributed by atoms with Crippen molar-refractivity contribution in [2.75, 3.05) is 6.61 Å². The van der Waals surface area contributed by atoms with E-state index in [-0.39, 0.29) is 17.7 Å². The molecule has 2 aliphatic rings. The molecule has 0 unspecified atom stereocenters. The lowest BCUT2D eigenvalue weighted by Crippen LogP contribution is -2.39. The van der Waals surface area contributed by atoms with Crippen LogP contribution in [-0.2, 0) is 24.2 Å². The van der Waals surface area contributed by atoms with Crippen LogP contribution in [0, 0.1) is 0 Å². The summed E-state index contributed by atoms with van der Waals surface area (Å²) in [6.45, 7) is 6.45. The molecule has 182 valence electrons. The van der Waals surface area contributed by atoms with Crippen LogP contribution in [0.25, 0.3) is 10.9 Å². The van der Waals surface area contributed by atoms with Crippen LogP contribution < -0.4 is 5.56 Å². The summed E-state index contributed by atoms with van der Waals surface area (Å²) in [6.07, 6.45) is 8.93. The second kappa shape index (κ2) is 10.4. The second-order valence-electron chi connectivity index (χ2n) is 9.79. The Morgan fingerprint density at radius 3 is 2.76 bits per heavy atom. The third-order valence-corrected chi connectivity index (χ3v) is 7.59. The van der Waals surface area contributed by atoms with Crippen LogP contribution in [-0.4, -0.2) is 48.8 Å². The Hall–Kier alpha value is -2.58. The monoisotopic (exact) mass is 464 g/mol. The first kappa shape index (κ1) is 23.2. The number of aromatic nitrogens is 5. The molecular weight excluding hydrogens is 428 g/mol. The second-order valence-corrected chi connectivity index (χ2v) is 9.79. The van der Waals surface area contributed by atoms with Crippen LogP contribution in [0.3, 0.4) is 0 Å². The van der Waals surface area contributed by atoms with Gasteiger partial charge in [0, 0.05) is 30.3 Å². The Labute approximate surface area is 200 Å². The maximum absolute atomic E-state index is 13.1. The fourth-order valence-electron chi connectivity index (χ4n) is 5.69. The highest BCUT2D eigenvalue weighted by molar-refractivity contribution is 5.79. The minimum absolute atomic E-state index is 0.00598. The van der Waals surface area contributed by atoms with E-state index >= 15 is 0 Å². The van der Waals surface area contributed by atoms with Gasteiger partial charge >= 0.3 is 0 Å². The van der Waals surface area contributed by atoms with E-state index in [0.29, 0.717) is 19.1 Å². The van der Waals surface area contributed by atoms with Crippen LogP contribution in [0.5, 0.6) is 0 Å². The number of H-pyrrole nitrogens is 1. The highest BCUT2D eigenvalue weighted by Gasteiger charge is 2.33. The molecule has 5 rings (SSSR count). The molecule has 0 spiro atoms. The quantitative estimate of drug-likeness (QED) is 0.512. The van der Waals surface area contributed by atoms with Gasteiger partial charge in [0.05, 0.1) is 18.7 Å². The van der Waals surface area contributed by atoms with E-state index in [1.165, 1.54) is 18.4 Å². The van der Waals surface area contributed by atoms with E-state index in [1.54, 1.807) is 0 Å². The lowest BCUT2D eigenvalue weighted by Gasteiger charge is -2.35. The lowest BCUT2D eigenvalue weighted by atomic mass is 10.0. The highest BCUT2D eigenvalue weighted by Crippen LogP contribution is 2.34. The zero-order valence-corrected chi connectivity index (χ0v) is 20.4. The molecule has 1 aromatic carbocycles.